The second-order valence-electron chi connectivity index (χ2n) is 9.30. The van der Waals surface area contributed by atoms with Gasteiger partial charge >= 0.3 is 0 Å². The Labute approximate surface area is 176 Å². The van der Waals surface area contributed by atoms with Crippen molar-refractivity contribution in [2.24, 2.45) is 0 Å². The Kier molecular flexibility index (Phi) is 3.03. The molecule has 0 spiro atoms. The van der Waals surface area contributed by atoms with Crippen LogP contribution in [0, 0.1) is 13.8 Å². The topological polar surface area (TPSA) is 17.1 Å². The van der Waals surface area contributed by atoms with Crippen molar-refractivity contribution >= 4 is 16.6 Å². The lowest BCUT2D eigenvalue weighted by atomic mass is 9.61. The van der Waals surface area contributed by atoms with E-state index in [0.29, 0.717) is 5.78 Å². The van der Waals surface area contributed by atoms with E-state index in [1.54, 1.807) is 0 Å². The zero-order valence-corrected chi connectivity index (χ0v) is 17.3. The normalized spacial score (nSPS) is 20.1. The van der Waals surface area contributed by atoms with Crippen LogP contribution in [0.4, 0.5) is 0 Å². The van der Waals surface area contributed by atoms with Crippen LogP contribution in [-0.2, 0) is 17.6 Å². The molecule has 7 rings (SSSR count). The van der Waals surface area contributed by atoms with E-state index in [-0.39, 0.29) is 11.8 Å². The van der Waals surface area contributed by atoms with Crippen LogP contribution in [0.5, 0.6) is 0 Å². The fourth-order valence-corrected chi connectivity index (χ4v) is 6.65. The Morgan fingerprint density at radius 3 is 1.60 bits per heavy atom. The average Bonchev–Trinajstić information content (AvgIpc) is 2.75. The molecule has 0 heterocycles. The van der Waals surface area contributed by atoms with Crippen molar-refractivity contribution < 1.29 is 4.79 Å². The summed E-state index contributed by atoms with van der Waals surface area (Å²) in [7, 11) is 0. The summed E-state index contributed by atoms with van der Waals surface area (Å²) < 4.78 is 0. The summed E-state index contributed by atoms with van der Waals surface area (Å²) in [5, 5.41) is 2.76. The fraction of sp³-hybridized carbons (Fsp3) is 0.207. The van der Waals surface area contributed by atoms with Crippen LogP contribution in [0.2, 0.25) is 0 Å². The molecule has 3 aliphatic rings. The molecule has 30 heavy (non-hydrogen) atoms. The van der Waals surface area contributed by atoms with Gasteiger partial charge in [-0.1, -0.05) is 60.7 Å². The number of hydrogen-bond acceptors (Lipinski definition) is 1. The summed E-state index contributed by atoms with van der Waals surface area (Å²) >= 11 is 0. The van der Waals surface area contributed by atoms with Gasteiger partial charge in [-0.2, -0.15) is 0 Å². The molecule has 4 aromatic rings. The van der Waals surface area contributed by atoms with Gasteiger partial charge in [0.05, 0.1) is 11.8 Å². The number of Topliss-reactive ketones (excluding diaryl/α,β-unsaturated/α-hetero) is 1. The molecule has 1 nitrogen and oxygen atoms in total. The molecule has 0 saturated carbocycles. The van der Waals surface area contributed by atoms with Crippen molar-refractivity contribution in [3.63, 3.8) is 0 Å². The fourth-order valence-electron chi connectivity index (χ4n) is 6.65. The summed E-state index contributed by atoms with van der Waals surface area (Å²) in [4.78, 5) is 14.3. The maximum atomic E-state index is 14.3. The van der Waals surface area contributed by atoms with Crippen LogP contribution in [0.1, 0.15) is 67.5 Å². The van der Waals surface area contributed by atoms with E-state index in [2.05, 4.69) is 74.5 Å². The molecule has 0 fully saturated rings. The Morgan fingerprint density at radius 1 is 0.633 bits per heavy atom. The predicted octanol–water partition coefficient (Wildman–Crippen LogP) is 6.11. The molecule has 3 aliphatic carbocycles. The van der Waals surface area contributed by atoms with Crippen molar-refractivity contribution in [1.82, 2.24) is 0 Å². The van der Waals surface area contributed by atoms with Gasteiger partial charge < -0.3 is 0 Å². The summed E-state index contributed by atoms with van der Waals surface area (Å²) in [6.07, 6.45) is 1.85. The minimum Gasteiger partial charge on any atom is -0.298 e. The first kappa shape index (κ1) is 16.6. The number of rotatable bonds is 0. The van der Waals surface area contributed by atoms with Crippen LogP contribution >= 0.6 is 0 Å². The van der Waals surface area contributed by atoms with Crippen LogP contribution in [0.3, 0.4) is 0 Å². The summed E-state index contributed by atoms with van der Waals surface area (Å²) in [6.45, 7) is 4.49. The maximum absolute atomic E-state index is 14.3. The van der Waals surface area contributed by atoms with E-state index in [1.807, 2.05) is 0 Å². The number of ketones is 1. The Balaban J connectivity index is 1.70. The standard InChI is InChI=1S/C29H22O/c1-15-11-19-13-17-7-3-5-9-21(17)26-24(19)28-23(15)16(2)12-20-14-18-8-4-6-10-22(18)27(25(20)28)29(26)30/h3-12,26-27H,13-14H2,1-2H3. The highest BCUT2D eigenvalue weighted by Gasteiger charge is 2.45. The number of carbonyl (C=O) groups excluding carboxylic acids is 1. The van der Waals surface area contributed by atoms with Gasteiger partial charge in [0.2, 0.25) is 0 Å². The molecule has 2 unspecified atom stereocenters. The molecule has 0 amide bonds. The first-order chi connectivity index (χ1) is 14.6. The Bertz CT molecular complexity index is 1330. The number of fused-ring (bicyclic) bond motifs is 4. The van der Waals surface area contributed by atoms with Gasteiger partial charge in [0, 0.05) is 0 Å². The molecular formula is C29H22O. The van der Waals surface area contributed by atoms with Gasteiger partial charge in [0.1, 0.15) is 0 Å². The van der Waals surface area contributed by atoms with Crippen molar-refractivity contribution in [2.45, 2.75) is 38.5 Å². The minimum absolute atomic E-state index is 0.147. The third-order valence-electron chi connectivity index (χ3n) is 7.69. The van der Waals surface area contributed by atoms with Crippen LogP contribution in [0.25, 0.3) is 10.8 Å². The number of aryl methyl sites for hydroxylation is 2. The third kappa shape index (κ3) is 1.87. The van der Waals surface area contributed by atoms with E-state index in [9.17, 15) is 4.79 Å². The lowest BCUT2D eigenvalue weighted by Gasteiger charge is -2.40. The van der Waals surface area contributed by atoms with Gasteiger partial charge in [-0.25, -0.2) is 0 Å². The molecule has 1 heteroatoms. The highest BCUT2D eigenvalue weighted by molar-refractivity contribution is 6.11. The summed E-state index contributed by atoms with van der Waals surface area (Å²) in [6, 6.07) is 21.9. The first-order valence-electron chi connectivity index (χ1n) is 10.9. The molecule has 0 aliphatic heterocycles. The SMILES string of the molecule is Cc1cc2c3c4c5c(cc(C)c14)Cc1ccccc1C5C(=O)C3c1ccccc1C2. The first-order valence-corrected chi connectivity index (χ1v) is 10.9. The van der Waals surface area contributed by atoms with Crippen molar-refractivity contribution in [3.8, 4) is 0 Å². The molecule has 2 atom stereocenters. The lowest BCUT2D eigenvalue weighted by molar-refractivity contribution is -0.120. The van der Waals surface area contributed by atoms with Crippen LogP contribution < -0.4 is 0 Å². The summed E-state index contributed by atoms with van der Waals surface area (Å²) in [5.74, 6) is 0.0658. The molecule has 0 aromatic heterocycles. The highest BCUT2D eigenvalue weighted by atomic mass is 16.1. The van der Waals surface area contributed by atoms with Gasteiger partial charge in [0.25, 0.3) is 0 Å². The van der Waals surface area contributed by atoms with Crippen LogP contribution in [0.15, 0.2) is 60.7 Å². The number of hydrogen-bond donors (Lipinski definition) is 0. The number of carbonyl (C=O) groups is 1. The van der Waals surface area contributed by atoms with Gasteiger partial charge in [-0.05, 0) is 93.1 Å². The molecule has 144 valence electrons. The molecule has 4 aromatic carbocycles. The van der Waals surface area contributed by atoms with E-state index in [0.717, 1.165) is 12.8 Å². The van der Waals surface area contributed by atoms with Gasteiger partial charge in [-0.3, -0.25) is 4.79 Å². The smallest absolute Gasteiger partial charge is 0.156 e. The molecular weight excluding hydrogens is 364 g/mol. The van der Waals surface area contributed by atoms with Gasteiger partial charge in [0.15, 0.2) is 5.78 Å². The van der Waals surface area contributed by atoms with Crippen molar-refractivity contribution in [1.29, 1.82) is 0 Å². The molecule has 0 bridgehead atoms. The van der Waals surface area contributed by atoms with Crippen molar-refractivity contribution in [3.05, 3.63) is 116 Å². The third-order valence-corrected chi connectivity index (χ3v) is 7.69. The largest absolute Gasteiger partial charge is 0.298 e. The minimum atomic E-state index is -0.147. The molecule has 0 N–H and O–H groups in total. The zero-order chi connectivity index (χ0) is 20.1. The molecule has 0 saturated heterocycles. The number of benzene rings is 4. The van der Waals surface area contributed by atoms with E-state index in [1.165, 1.54) is 66.4 Å². The van der Waals surface area contributed by atoms with E-state index < -0.39 is 0 Å². The average molecular weight is 386 g/mol. The predicted molar refractivity (Wildman–Crippen MR) is 121 cm³/mol. The van der Waals surface area contributed by atoms with E-state index >= 15 is 0 Å². The molecule has 0 radical (unpaired) electrons. The monoisotopic (exact) mass is 386 g/mol. The Morgan fingerprint density at radius 2 is 1.10 bits per heavy atom. The maximum Gasteiger partial charge on any atom is 0.156 e. The lowest BCUT2D eigenvalue weighted by Crippen LogP contribution is -2.34. The second kappa shape index (κ2) is 5.49. The quantitative estimate of drug-likeness (QED) is 0.356. The Hall–Kier alpha value is -3.19. The highest BCUT2D eigenvalue weighted by Crippen LogP contribution is 2.54. The summed E-state index contributed by atoms with van der Waals surface area (Å²) in [5.41, 5.74) is 13.0. The zero-order valence-electron chi connectivity index (χ0n) is 17.3. The van der Waals surface area contributed by atoms with Crippen molar-refractivity contribution in [2.75, 3.05) is 0 Å². The van der Waals surface area contributed by atoms with E-state index in [4.69, 9.17) is 0 Å². The second-order valence-corrected chi connectivity index (χ2v) is 9.30. The van der Waals surface area contributed by atoms with Crippen LogP contribution in [-0.4, -0.2) is 5.78 Å². The van der Waals surface area contributed by atoms with Gasteiger partial charge in [-0.15, -0.1) is 0 Å².